The van der Waals surface area contributed by atoms with E-state index < -0.39 is 5.97 Å². The van der Waals surface area contributed by atoms with E-state index in [-0.39, 0.29) is 0 Å². The molecule has 3 aromatic heterocycles. The number of hydrogen-bond acceptors (Lipinski definition) is 4. The van der Waals surface area contributed by atoms with E-state index >= 15 is 0 Å². The van der Waals surface area contributed by atoms with Gasteiger partial charge in [0.15, 0.2) is 0 Å². The first-order chi connectivity index (χ1) is 14.3. The molecule has 1 unspecified atom stereocenters. The molecule has 0 radical (unpaired) electrons. The van der Waals surface area contributed by atoms with Gasteiger partial charge in [-0.25, -0.2) is 9.31 Å². The molecular formula is C23H26N3O2P. The highest BCUT2D eigenvalue weighted by Crippen LogP contribution is 2.34. The molecule has 0 aliphatic carbocycles. The predicted octanol–water partition coefficient (Wildman–Crippen LogP) is 6.06. The van der Waals surface area contributed by atoms with Crippen LogP contribution >= 0.6 is 9.47 Å². The first kappa shape index (κ1) is 22.3. The minimum atomic E-state index is -0.422. The molecule has 3 heterocycles. The normalized spacial score (nSPS) is 9.69. The van der Waals surface area contributed by atoms with Crippen LogP contribution in [0.3, 0.4) is 0 Å². The molecule has 0 saturated carbocycles. The van der Waals surface area contributed by atoms with Gasteiger partial charge in [-0.1, -0.05) is 58.0 Å². The number of hydrogen-bond donors (Lipinski definition) is 0. The molecule has 1 aromatic carbocycles. The van der Waals surface area contributed by atoms with Crippen molar-refractivity contribution in [2.45, 2.75) is 27.7 Å². The van der Waals surface area contributed by atoms with Crippen molar-refractivity contribution in [3.8, 4) is 22.4 Å². The molecule has 4 rings (SSSR count). The van der Waals surface area contributed by atoms with Gasteiger partial charge in [-0.15, -0.1) is 0 Å². The average Bonchev–Trinajstić information content (AvgIpc) is 3.21. The van der Waals surface area contributed by atoms with Crippen molar-refractivity contribution < 1.29 is 9.32 Å². The summed E-state index contributed by atoms with van der Waals surface area (Å²) in [5.74, 6) is -0.422. The molecule has 0 fully saturated rings. The highest BCUT2D eigenvalue weighted by Gasteiger charge is 2.17. The maximum Gasteiger partial charge on any atom is 0.341 e. The van der Waals surface area contributed by atoms with Crippen molar-refractivity contribution in [3.05, 3.63) is 78.8 Å². The van der Waals surface area contributed by atoms with Crippen LogP contribution in [0.2, 0.25) is 0 Å². The van der Waals surface area contributed by atoms with Gasteiger partial charge in [-0.2, -0.15) is 5.10 Å². The summed E-state index contributed by atoms with van der Waals surface area (Å²) in [6.45, 7) is 8.00. The number of benzene rings is 1. The van der Waals surface area contributed by atoms with E-state index in [0.717, 1.165) is 27.9 Å². The molecule has 0 amide bonds. The minimum Gasteiger partial charge on any atom is -0.448 e. The lowest BCUT2D eigenvalue weighted by molar-refractivity contribution is 0.0765. The topological polar surface area (TPSA) is 56.5 Å². The van der Waals surface area contributed by atoms with Gasteiger partial charge in [-0.3, -0.25) is 4.98 Å². The van der Waals surface area contributed by atoms with Crippen molar-refractivity contribution in [2.24, 2.45) is 0 Å². The van der Waals surface area contributed by atoms with E-state index in [9.17, 15) is 4.79 Å². The Hall–Kier alpha value is -3.04. The summed E-state index contributed by atoms with van der Waals surface area (Å²) in [6.07, 6.45) is 5.19. The number of nitrogens with zero attached hydrogens (tertiary/aromatic N) is 3. The van der Waals surface area contributed by atoms with Crippen LogP contribution in [0.4, 0.5) is 0 Å². The van der Waals surface area contributed by atoms with Gasteiger partial charge in [0.05, 0.1) is 20.5 Å². The standard InChI is InChI=1S/C19H14N3O2P.2C2H6/c23-19(24-25)15-6-7-16-17(13-8-10-20-11-9-13)18(21-22(16)12-15)14-4-2-1-3-5-14;2*1-2/h1-12H,25H2;2*1-2H3. The van der Waals surface area contributed by atoms with Gasteiger partial charge < -0.3 is 4.52 Å². The zero-order valence-electron chi connectivity index (χ0n) is 17.2. The summed E-state index contributed by atoms with van der Waals surface area (Å²) in [5.41, 5.74) is 5.22. The second kappa shape index (κ2) is 11.1. The Morgan fingerprint density at radius 1 is 0.897 bits per heavy atom. The van der Waals surface area contributed by atoms with Gasteiger partial charge >= 0.3 is 5.97 Å². The average molecular weight is 407 g/mol. The summed E-state index contributed by atoms with van der Waals surface area (Å²) in [5, 5.41) is 4.72. The molecule has 0 aliphatic heterocycles. The zero-order chi connectivity index (χ0) is 21.2. The molecule has 150 valence electrons. The number of pyridine rings is 2. The quantitative estimate of drug-likeness (QED) is 0.387. The van der Waals surface area contributed by atoms with E-state index in [0.29, 0.717) is 5.56 Å². The number of rotatable bonds is 3. The minimum absolute atomic E-state index is 0.422. The van der Waals surface area contributed by atoms with Crippen LogP contribution in [-0.4, -0.2) is 20.6 Å². The Bertz CT molecular complexity index is 1050. The molecule has 0 bridgehead atoms. The van der Waals surface area contributed by atoms with Crippen molar-refractivity contribution in [3.63, 3.8) is 0 Å². The Kier molecular flexibility index (Phi) is 8.50. The van der Waals surface area contributed by atoms with Crippen molar-refractivity contribution in [1.82, 2.24) is 14.6 Å². The monoisotopic (exact) mass is 407 g/mol. The second-order valence-electron chi connectivity index (χ2n) is 5.48. The van der Waals surface area contributed by atoms with Crippen LogP contribution in [0, 0.1) is 0 Å². The third kappa shape index (κ3) is 4.87. The fourth-order valence-electron chi connectivity index (χ4n) is 2.84. The molecule has 4 aromatic rings. The predicted molar refractivity (Wildman–Crippen MR) is 122 cm³/mol. The third-order valence-electron chi connectivity index (χ3n) is 3.99. The smallest absolute Gasteiger partial charge is 0.341 e. The number of carbonyl (C=O) groups excluding carboxylic acids is 1. The Balaban J connectivity index is 0.000000707. The Labute approximate surface area is 174 Å². The summed E-state index contributed by atoms with van der Waals surface area (Å²) >= 11 is 0. The molecule has 0 spiro atoms. The van der Waals surface area contributed by atoms with Crippen LogP contribution in [-0.2, 0) is 4.52 Å². The lowest BCUT2D eigenvalue weighted by Crippen LogP contribution is -2.00. The van der Waals surface area contributed by atoms with Gasteiger partial charge in [0.2, 0.25) is 0 Å². The summed E-state index contributed by atoms with van der Waals surface area (Å²) in [4.78, 5) is 15.9. The Morgan fingerprint density at radius 2 is 1.55 bits per heavy atom. The van der Waals surface area contributed by atoms with Crippen molar-refractivity contribution in [2.75, 3.05) is 0 Å². The summed E-state index contributed by atoms with van der Waals surface area (Å²) < 4.78 is 6.44. The third-order valence-corrected chi connectivity index (χ3v) is 4.20. The summed E-state index contributed by atoms with van der Waals surface area (Å²) in [6, 6.07) is 17.5. The SMILES string of the molecule is CC.CC.O=C(OP)c1ccc2c(-c3ccncc3)c(-c3ccccc3)nn2c1. The highest BCUT2D eigenvalue weighted by molar-refractivity contribution is 7.10. The molecule has 0 aliphatic rings. The maximum absolute atomic E-state index is 11.8. The van der Waals surface area contributed by atoms with Crippen molar-refractivity contribution in [1.29, 1.82) is 0 Å². The van der Waals surface area contributed by atoms with Crippen LogP contribution in [0.15, 0.2) is 73.2 Å². The fourth-order valence-corrected chi connectivity index (χ4v) is 2.98. The first-order valence-corrected chi connectivity index (χ1v) is 10.1. The summed E-state index contributed by atoms with van der Waals surface area (Å²) in [7, 11) is 1.97. The van der Waals surface area contributed by atoms with E-state index in [1.54, 1.807) is 29.2 Å². The number of carbonyl (C=O) groups is 1. The zero-order valence-corrected chi connectivity index (χ0v) is 18.3. The number of aromatic nitrogens is 3. The molecule has 0 saturated heterocycles. The van der Waals surface area contributed by atoms with Crippen LogP contribution in [0.5, 0.6) is 0 Å². The molecule has 1 atom stereocenters. The maximum atomic E-state index is 11.8. The van der Waals surface area contributed by atoms with Gasteiger partial charge in [0, 0.05) is 29.7 Å². The van der Waals surface area contributed by atoms with Crippen molar-refractivity contribution >= 4 is 21.0 Å². The molecule has 5 nitrogen and oxygen atoms in total. The molecule has 6 heteroatoms. The van der Waals surface area contributed by atoms with E-state index in [1.165, 1.54) is 0 Å². The lowest BCUT2D eigenvalue weighted by atomic mass is 10.0. The van der Waals surface area contributed by atoms with Gasteiger partial charge in [0.1, 0.15) is 5.69 Å². The first-order valence-electron chi connectivity index (χ1n) is 9.67. The molecule has 0 N–H and O–H groups in total. The van der Waals surface area contributed by atoms with Crippen LogP contribution in [0.25, 0.3) is 27.9 Å². The second-order valence-corrected chi connectivity index (χ2v) is 5.71. The fraction of sp³-hybridized carbons (Fsp3) is 0.174. The number of fused-ring (bicyclic) bond motifs is 1. The molecular weight excluding hydrogens is 381 g/mol. The Morgan fingerprint density at radius 3 is 2.17 bits per heavy atom. The van der Waals surface area contributed by atoms with Crippen LogP contribution in [0.1, 0.15) is 38.1 Å². The van der Waals surface area contributed by atoms with Crippen LogP contribution < -0.4 is 0 Å². The van der Waals surface area contributed by atoms with Gasteiger partial charge in [0.25, 0.3) is 0 Å². The van der Waals surface area contributed by atoms with Gasteiger partial charge in [-0.05, 0) is 29.8 Å². The molecule has 29 heavy (non-hydrogen) atoms. The lowest BCUT2D eigenvalue weighted by Gasteiger charge is -2.04. The largest absolute Gasteiger partial charge is 0.448 e. The van der Waals surface area contributed by atoms with E-state index in [2.05, 4.69) is 4.98 Å². The highest BCUT2D eigenvalue weighted by atomic mass is 31.0. The van der Waals surface area contributed by atoms with E-state index in [1.807, 2.05) is 85.7 Å². The van der Waals surface area contributed by atoms with E-state index in [4.69, 9.17) is 9.62 Å².